The minimum atomic E-state index is -0.942. The van der Waals surface area contributed by atoms with Crippen LogP contribution in [0, 0.1) is 17.8 Å². The number of unbranched alkanes of at least 4 members (excludes halogenated alkanes) is 12. The minimum Gasteiger partial charge on any atom is -0.465 e. The highest BCUT2D eigenvalue weighted by atomic mass is 16.6. The van der Waals surface area contributed by atoms with Crippen molar-refractivity contribution in [3.63, 3.8) is 0 Å². The number of carbonyl (C=O) groups excluding carboxylic acids is 1. The van der Waals surface area contributed by atoms with Crippen LogP contribution in [0.3, 0.4) is 0 Å². The van der Waals surface area contributed by atoms with Gasteiger partial charge in [0.1, 0.15) is 6.10 Å². The molecule has 9 atom stereocenters. The maximum absolute atomic E-state index is 12.3. The summed E-state index contributed by atoms with van der Waals surface area (Å²) in [5.41, 5.74) is 0. The van der Waals surface area contributed by atoms with Crippen LogP contribution in [0.1, 0.15) is 156 Å². The summed E-state index contributed by atoms with van der Waals surface area (Å²) < 4.78 is 17.9. The van der Waals surface area contributed by atoms with Gasteiger partial charge in [-0.1, -0.05) is 97.6 Å². The molecule has 0 bridgehead atoms. The molecule has 0 aromatic rings. The van der Waals surface area contributed by atoms with Crippen molar-refractivity contribution in [2.45, 2.75) is 193 Å². The topological polar surface area (TPSA) is 105 Å². The summed E-state index contributed by atoms with van der Waals surface area (Å²) in [6.45, 7) is 8.99. The quantitative estimate of drug-likeness (QED) is 0.0558. The lowest BCUT2D eigenvalue weighted by atomic mass is 9.85. The molecule has 1 saturated heterocycles. The Kier molecular flexibility index (Phi) is 21.6. The Morgan fingerprint density at radius 1 is 0.844 bits per heavy atom. The number of carbonyl (C=O) groups is 1. The monoisotopic (exact) mass is 639 g/mol. The molecule has 1 aliphatic heterocycles. The summed E-state index contributed by atoms with van der Waals surface area (Å²) in [5, 5.41) is 31.3. The third-order valence-corrected chi connectivity index (χ3v) is 10.1. The molecule has 3 N–H and O–H groups in total. The van der Waals surface area contributed by atoms with E-state index in [-0.39, 0.29) is 42.0 Å². The predicted octanol–water partition coefficient (Wildman–Crippen LogP) is 8.06. The van der Waals surface area contributed by atoms with Gasteiger partial charge in [0.15, 0.2) is 0 Å². The van der Waals surface area contributed by atoms with Gasteiger partial charge in [0.2, 0.25) is 0 Å². The molecule has 0 aromatic carbocycles. The van der Waals surface area contributed by atoms with E-state index in [1.54, 1.807) is 0 Å². The Bertz CT molecular complexity index is 773. The second-order valence-electron chi connectivity index (χ2n) is 14.4. The third-order valence-electron chi connectivity index (χ3n) is 10.1. The van der Waals surface area contributed by atoms with E-state index in [0.717, 1.165) is 38.5 Å². The summed E-state index contributed by atoms with van der Waals surface area (Å²) >= 11 is 0. The maximum Gasteiger partial charge on any atom is 0.305 e. The zero-order valence-electron chi connectivity index (χ0n) is 29.4. The maximum atomic E-state index is 12.3. The molecule has 0 amide bonds. The summed E-state index contributed by atoms with van der Waals surface area (Å²) in [7, 11) is 0. The van der Waals surface area contributed by atoms with Crippen LogP contribution < -0.4 is 0 Å². The van der Waals surface area contributed by atoms with Crippen molar-refractivity contribution in [1.29, 1.82) is 0 Å². The van der Waals surface area contributed by atoms with Gasteiger partial charge in [-0.15, -0.1) is 0 Å². The van der Waals surface area contributed by atoms with Crippen LogP contribution in [0.25, 0.3) is 0 Å². The summed E-state index contributed by atoms with van der Waals surface area (Å²) in [5.74, 6) is 0.00217. The van der Waals surface area contributed by atoms with Crippen LogP contribution in [0.15, 0.2) is 12.2 Å². The van der Waals surface area contributed by atoms with Crippen molar-refractivity contribution >= 4 is 5.97 Å². The van der Waals surface area contributed by atoms with Crippen LogP contribution in [-0.4, -0.2) is 71.1 Å². The number of ether oxygens (including phenoxy) is 3. The Hall–Kier alpha value is -0.990. The Balaban J connectivity index is 1.49. The first-order valence-corrected chi connectivity index (χ1v) is 18.8. The van der Waals surface area contributed by atoms with Crippen molar-refractivity contribution in [2.75, 3.05) is 13.2 Å². The molecule has 7 heteroatoms. The molecule has 1 aliphatic carbocycles. The van der Waals surface area contributed by atoms with E-state index < -0.39 is 18.3 Å². The molecule has 2 fully saturated rings. The number of allylic oxidation sites excluding steroid dienone is 2. The molecule has 2 aliphatic rings. The van der Waals surface area contributed by atoms with E-state index in [0.29, 0.717) is 26.1 Å². The summed E-state index contributed by atoms with van der Waals surface area (Å²) in [6.07, 6.45) is 23.6. The fourth-order valence-electron chi connectivity index (χ4n) is 6.68. The first-order valence-electron chi connectivity index (χ1n) is 18.8. The molecule has 2 rings (SSSR count). The standard InChI is InChI=1S/C38H70O7/c1-5-6-7-8-9-10-11-12-13-14-15-16-17-18-19-20-21-36(40)44-27-29(2)22-25-34-38(42)37(41)31(4)35(45-34)28-43-32-23-24-33(39)30(3)26-32/h12-13,29-35,37-39,41-42H,5-11,14-28H2,1-4H3/b13-12-/t29?,30-,31?,32-,33?,34?,35?,37?,38+/m1/s1. The van der Waals surface area contributed by atoms with Gasteiger partial charge in [-0.05, 0) is 76.0 Å². The molecule has 45 heavy (non-hydrogen) atoms. The number of aliphatic hydroxyl groups excluding tert-OH is 3. The molecule has 7 nitrogen and oxygen atoms in total. The van der Waals surface area contributed by atoms with Crippen LogP contribution in [0.2, 0.25) is 0 Å². The van der Waals surface area contributed by atoms with Gasteiger partial charge in [0, 0.05) is 12.3 Å². The average molecular weight is 639 g/mol. The number of aliphatic hydroxyl groups is 3. The highest BCUT2D eigenvalue weighted by Crippen LogP contribution is 2.31. The van der Waals surface area contributed by atoms with Crippen LogP contribution in [0.5, 0.6) is 0 Å². The van der Waals surface area contributed by atoms with Gasteiger partial charge >= 0.3 is 5.97 Å². The van der Waals surface area contributed by atoms with Crippen LogP contribution >= 0.6 is 0 Å². The highest BCUT2D eigenvalue weighted by Gasteiger charge is 2.42. The Morgan fingerprint density at radius 2 is 1.47 bits per heavy atom. The van der Waals surface area contributed by atoms with Gasteiger partial charge in [0.25, 0.3) is 0 Å². The fourth-order valence-corrected chi connectivity index (χ4v) is 6.68. The number of esters is 1. The zero-order chi connectivity index (χ0) is 32.9. The molecule has 0 radical (unpaired) electrons. The van der Waals surface area contributed by atoms with E-state index in [1.165, 1.54) is 77.0 Å². The van der Waals surface area contributed by atoms with Gasteiger partial charge < -0.3 is 29.5 Å². The number of rotatable bonds is 24. The van der Waals surface area contributed by atoms with E-state index in [9.17, 15) is 20.1 Å². The lowest BCUT2D eigenvalue weighted by molar-refractivity contribution is -0.215. The van der Waals surface area contributed by atoms with Gasteiger partial charge in [-0.3, -0.25) is 4.79 Å². The predicted molar refractivity (Wildman–Crippen MR) is 182 cm³/mol. The van der Waals surface area contributed by atoms with Crippen molar-refractivity contribution < 1.29 is 34.3 Å². The van der Waals surface area contributed by atoms with Crippen molar-refractivity contribution in [1.82, 2.24) is 0 Å². The molecule has 1 heterocycles. The molecule has 264 valence electrons. The van der Waals surface area contributed by atoms with E-state index in [4.69, 9.17) is 14.2 Å². The largest absolute Gasteiger partial charge is 0.465 e. The fraction of sp³-hybridized carbons (Fsp3) is 0.921. The molecular weight excluding hydrogens is 568 g/mol. The molecule has 0 aromatic heterocycles. The van der Waals surface area contributed by atoms with Gasteiger partial charge in [-0.25, -0.2) is 0 Å². The summed E-state index contributed by atoms with van der Waals surface area (Å²) in [6, 6.07) is 0. The molecule has 1 saturated carbocycles. The molecule has 6 unspecified atom stereocenters. The zero-order valence-corrected chi connectivity index (χ0v) is 29.4. The van der Waals surface area contributed by atoms with Crippen LogP contribution in [-0.2, 0) is 19.0 Å². The van der Waals surface area contributed by atoms with Crippen molar-refractivity contribution in [3.05, 3.63) is 12.2 Å². The first-order chi connectivity index (χ1) is 21.7. The SMILES string of the molecule is CCCCCCCC/C=C\CCCCCCCCC(=O)OCC(C)CCC1OC(CO[C@@H]2CCC(O)[C@H](C)C2)C(C)C(O)[C@H]1O. The normalized spacial score (nSPS) is 29.7. The molecular formula is C38H70O7. The second-order valence-corrected chi connectivity index (χ2v) is 14.4. The Labute approximate surface area is 275 Å². The van der Waals surface area contributed by atoms with E-state index in [1.807, 2.05) is 20.8 Å². The van der Waals surface area contributed by atoms with Crippen molar-refractivity contribution in [3.8, 4) is 0 Å². The lowest BCUT2D eigenvalue weighted by Crippen LogP contribution is -2.55. The number of hydrogen-bond acceptors (Lipinski definition) is 7. The summed E-state index contributed by atoms with van der Waals surface area (Å²) in [4.78, 5) is 12.3. The lowest BCUT2D eigenvalue weighted by Gasteiger charge is -2.42. The Morgan fingerprint density at radius 3 is 2.11 bits per heavy atom. The smallest absolute Gasteiger partial charge is 0.305 e. The third kappa shape index (κ3) is 17.1. The minimum absolute atomic E-state index is 0.0909. The second kappa shape index (κ2) is 24.2. The number of hydrogen-bond donors (Lipinski definition) is 3. The van der Waals surface area contributed by atoms with Gasteiger partial charge in [0.05, 0.1) is 43.7 Å². The molecule has 0 spiro atoms. The van der Waals surface area contributed by atoms with Crippen molar-refractivity contribution in [2.24, 2.45) is 17.8 Å². The average Bonchev–Trinajstić information content (AvgIpc) is 3.03. The van der Waals surface area contributed by atoms with E-state index >= 15 is 0 Å². The van der Waals surface area contributed by atoms with E-state index in [2.05, 4.69) is 19.1 Å². The highest BCUT2D eigenvalue weighted by molar-refractivity contribution is 5.69. The van der Waals surface area contributed by atoms with Gasteiger partial charge in [-0.2, -0.15) is 0 Å². The first kappa shape index (κ1) is 40.2. The van der Waals surface area contributed by atoms with Crippen LogP contribution in [0.4, 0.5) is 0 Å².